The molecule has 0 spiro atoms. The Morgan fingerprint density at radius 3 is 2.68 bits per heavy atom. The van der Waals surface area contributed by atoms with E-state index in [9.17, 15) is 9.59 Å². The monoisotopic (exact) mass is 261 g/mol. The van der Waals surface area contributed by atoms with Crippen LogP contribution in [0.25, 0.3) is 0 Å². The minimum Gasteiger partial charge on any atom is -0.395 e. The molecule has 0 fully saturated rings. The number of rotatable bonds is 4. The second-order valence-electron chi connectivity index (χ2n) is 5.23. The maximum atomic E-state index is 12.1. The first-order valence-corrected chi connectivity index (χ1v) is 6.57. The lowest BCUT2D eigenvalue weighted by Gasteiger charge is -2.16. The van der Waals surface area contributed by atoms with Crippen LogP contribution in [0.5, 0.6) is 0 Å². The molecule has 1 atom stereocenters. The molecule has 2 rings (SSSR count). The van der Waals surface area contributed by atoms with Crippen LogP contribution in [0.1, 0.15) is 42.6 Å². The van der Waals surface area contributed by atoms with Crippen LogP contribution in [0.3, 0.4) is 0 Å². The van der Waals surface area contributed by atoms with Crippen LogP contribution in [-0.2, 0) is 4.79 Å². The van der Waals surface area contributed by atoms with Crippen molar-refractivity contribution in [2.75, 3.05) is 18.1 Å². The first-order chi connectivity index (χ1) is 8.97. The average Bonchev–Trinajstić information content (AvgIpc) is 2.63. The molecular formula is C15H19NO3. The minimum atomic E-state index is -0.249. The summed E-state index contributed by atoms with van der Waals surface area (Å²) in [6.07, 6.45) is 0. The molecular weight excluding hydrogens is 242 g/mol. The summed E-state index contributed by atoms with van der Waals surface area (Å²) >= 11 is 0. The van der Waals surface area contributed by atoms with Gasteiger partial charge in [0.25, 0.3) is 0 Å². The zero-order valence-corrected chi connectivity index (χ0v) is 11.5. The van der Waals surface area contributed by atoms with Gasteiger partial charge in [-0.2, -0.15) is 0 Å². The summed E-state index contributed by atoms with van der Waals surface area (Å²) in [5.41, 5.74) is 2.34. The number of β-amino-alcohol motifs (C(OH)–C–C–N with tert-alkyl or cyclic N) is 1. The number of aliphatic hydroxyl groups excluding tert-OH is 1. The Labute approximate surface area is 113 Å². The Morgan fingerprint density at radius 2 is 2.11 bits per heavy atom. The lowest BCUT2D eigenvalue weighted by Crippen LogP contribution is -2.30. The van der Waals surface area contributed by atoms with Crippen molar-refractivity contribution in [3.05, 3.63) is 29.3 Å². The molecule has 4 nitrogen and oxygen atoms in total. The van der Waals surface area contributed by atoms with Gasteiger partial charge in [0.1, 0.15) is 0 Å². The van der Waals surface area contributed by atoms with Crippen molar-refractivity contribution < 1.29 is 14.7 Å². The number of carbonyl (C=O) groups is 2. The Hall–Kier alpha value is -1.68. The number of hydrogen-bond donors (Lipinski definition) is 1. The summed E-state index contributed by atoms with van der Waals surface area (Å²) in [4.78, 5) is 25.7. The zero-order chi connectivity index (χ0) is 14.2. The van der Waals surface area contributed by atoms with Gasteiger partial charge in [-0.15, -0.1) is 0 Å². The van der Waals surface area contributed by atoms with Crippen LogP contribution in [-0.4, -0.2) is 29.9 Å². The van der Waals surface area contributed by atoms with E-state index >= 15 is 0 Å². The lowest BCUT2D eigenvalue weighted by molar-refractivity contribution is -0.119. The van der Waals surface area contributed by atoms with Crippen molar-refractivity contribution >= 4 is 17.4 Å². The predicted octanol–water partition coefficient (Wildman–Crippen LogP) is 1.97. The van der Waals surface area contributed by atoms with Gasteiger partial charge in [0.15, 0.2) is 5.78 Å². The van der Waals surface area contributed by atoms with Gasteiger partial charge < -0.3 is 10.0 Å². The molecule has 1 heterocycles. The van der Waals surface area contributed by atoms with Gasteiger partial charge in [0, 0.05) is 23.7 Å². The second kappa shape index (κ2) is 5.13. The average molecular weight is 261 g/mol. The number of amides is 1. The van der Waals surface area contributed by atoms with Crippen LogP contribution in [0.4, 0.5) is 5.69 Å². The third-order valence-corrected chi connectivity index (χ3v) is 3.55. The molecule has 102 valence electrons. The van der Waals surface area contributed by atoms with Gasteiger partial charge in [0.2, 0.25) is 5.91 Å². The van der Waals surface area contributed by atoms with Gasteiger partial charge in [-0.1, -0.05) is 13.8 Å². The van der Waals surface area contributed by atoms with E-state index in [1.54, 1.807) is 11.0 Å². The number of aliphatic hydroxyl groups is 1. The normalized spacial score (nSPS) is 18.1. The smallest absolute Gasteiger partial charge is 0.234 e. The van der Waals surface area contributed by atoms with Crippen LogP contribution in [0.15, 0.2) is 18.2 Å². The zero-order valence-electron chi connectivity index (χ0n) is 11.5. The predicted molar refractivity (Wildman–Crippen MR) is 73.5 cm³/mol. The number of anilines is 1. The molecule has 1 unspecified atom stereocenters. The van der Waals surface area contributed by atoms with Crippen molar-refractivity contribution in [2.45, 2.75) is 26.7 Å². The van der Waals surface area contributed by atoms with E-state index in [2.05, 4.69) is 0 Å². The topological polar surface area (TPSA) is 57.6 Å². The number of benzene rings is 1. The van der Waals surface area contributed by atoms with Gasteiger partial charge >= 0.3 is 0 Å². The van der Waals surface area contributed by atoms with E-state index in [-0.39, 0.29) is 30.1 Å². The van der Waals surface area contributed by atoms with E-state index in [0.29, 0.717) is 12.1 Å². The SMILES string of the molecule is CC(C)C(=O)c1ccc2c(c1)C(C)C(=O)N2CCO. The summed E-state index contributed by atoms with van der Waals surface area (Å²) in [6.45, 7) is 5.80. The van der Waals surface area contributed by atoms with Crippen LogP contribution in [0, 0.1) is 5.92 Å². The number of nitrogens with zero attached hydrogens (tertiary/aromatic N) is 1. The maximum Gasteiger partial charge on any atom is 0.234 e. The molecule has 1 aliphatic heterocycles. The van der Waals surface area contributed by atoms with E-state index in [4.69, 9.17) is 5.11 Å². The van der Waals surface area contributed by atoms with Gasteiger partial charge in [-0.05, 0) is 30.7 Å². The van der Waals surface area contributed by atoms with Gasteiger partial charge in [-0.25, -0.2) is 0 Å². The van der Waals surface area contributed by atoms with Crippen molar-refractivity contribution in [3.8, 4) is 0 Å². The molecule has 1 aliphatic rings. The molecule has 0 aromatic heterocycles. The van der Waals surface area contributed by atoms with E-state index in [0.717, 1.165) is 11.3 Å². The second-order valence-corrected chi connectivity index (χ2v) is 5.23. The van der Waals surface area contributed by atoms with Crippen molar-refractivity contribution in [1.82, 2.24) is 0 Å². The number of carbonyl (C=O) groups excluding carboxylic acids is 2. The van der Waals surface area contributed by atoms with Crippen LogP contribution in [0.2, 0.25) is 0 Å². The molecule has 0 saturated heterocycles. The molecule has 1 N–H and O–H groups in total. The molecule has 4 heteroatoms. The minimum absolute atomic E-state index is 0.0156. The van der Waals surface area contributed by atoms with E-state index in [1.165, 1.54) is 0 Å². The molecule has 0 radical (unpaired) electrons. The molecule has 19 heavy (non-hydrogen) atoms. The first-order valence-electron chi connectivity index (χ1n) is 6.57. The molecule has 1 amide bonds. The van der Waals surface area contributed by atoms with Crippen LogP contribution < -0.4 is 4.90 Å². The first kappa shape index (κ1) is 13.7. The van der Waals surface area contributed by atoms with Crippen LogP contribution >= 0.6 is 0 Å². The Morgan fingerprint density at radius 1 is 1.42 bits per heavy atom. The summed E-state index contributed by atoms with van der Waals surface area (Å²) in [5.74, 6) is -0.235. The van der Waals surface area contributed by atoms with Crippen molar-refractivity contribution in [1.29, 1.82) is 0 Å². The third-order valence-electron chi connectivity index (χ3n) is 3.55. The summed E-state index contributed by atoms with van der Waals surface area (Å²) in [6, 6.07) is 5.39. The summed E-state index contributed by atoms with van der Waals surface area (Å²) in [7, 11) is 0. The Balaban J connectivity index is 2.42. The fourth-order valence-electron chi connectivity index (χ4n) is 2.45. The van der Waals surface area contributed by atoms with E-state index in [1.807, 2.05) is 32.9 Å². The number of Topliss-reactive ketones (excluding diaryl/α,β-unsaturated/α-hetero) is 1. The highest BCUT2D eigenvalue weighted by atomic mass is 16.3. The van der Waals surface area contributed by atoms with Crippen molar-refractivity contribution in [2.24, 2.45) is 5.92 Å². The fraction of sp³-hybridized carbons (Fsp3) is 0.467. The molecule has 0 aliphatic carbocycles. The Bertz CT molecular complexity index is 522. The van der Waals surface area contributed by atoms with Gasteiger partial charge in [0.05, 0.1) is 12.5 Å². The highest BCUT2D eigenvalue weighted by Gasteiger charge is 2.34. The van der Waals surface area contributed by atoms with Gasteiger partial charge in [-0.3, -0.25) is 9.59 Å². The van der Waals surface area contributed by atoms with Crippen molar-refractivity contribution in [3.63, 3.8) is 0 Å². The lowest BCUT2D eigenvalue weighted by atomic mass is 9.95. The molecule has 0 saturated carbocycles. The highest BCUT2D eigenvalue weighted by Crippen LogP contribution is 2.37. The molecule has 1 aromatic carbocycles. The summed E-state index contributed by atoms with van der Waals surface area (Å²) < 4.78 is 0. The summed E-state index contributed by atoms with van der Waals surface area (Å²) in [5, 5.41) is 9.02. The number of ketones is 1. The molecule has 1 aromatic rings. The number of hydrogen-bond acceptors (Lipinski definition) is 3. The highest BCUT2D eigenvalue weighted by molar-refractivity contribution is 6.06. The number of fused-ring (bicyclic) bond motifs is 1. The maximum absolute atomic E-state index is 12.1. The molecule has 0 bridgehead atoms. The largest absolute Gasteiger partial charge is 0.395 e. The standard InChI is InChI=1S/C15H19NO3/c1-9(2)14(18)11-4-5-13-12(8-11)10(3)15(19)16(13)6-7-17/h4-5,8-10,17H,6-7H2,1-3H3. The van der Waals surface area contributed by atoms with E-state index < -0.39 is 0 Å². The quantitative estimate of drug-likeness (QED) is 0.843. The fourth-order valence-corrected chi connectivity index (χ4v) is 2.45. The Kier molecular flexibility index (Phi) is 3.71. The third kappa shape index (κ3) is 2.28.